The molecule has 0 saturated heterocycles. The monoisotopic (exact) mass is 263 g/mol. The molecule has 0 radical (unpaired) electrons. The average Bonchev–Trinajstić information content (AvgIpc) is 2.38. The lowest BCUT2D eigenvalue weighted by Gasteiger charge is -2.11. The normalized spacial score (nSPS) is 11.0. The third-order valence-corrected chi connectivity index (χ3v) is 2.56. The van der Waals surface area contributed by atoms with Gasteiger partial charge in [-0.3, -0.25) is 4.79 Å². The molecule has 0 aliphatic carbocycles. The van der Waals surface area contributed by atoms with Gasteiger partial charge in [0.1, 0.15) is 5.75 Å². The van der Waals surface area contributed by atoms with Gasteiger partial charge < -0.3 is 15.2 Å². The zero-order valence-corrected chi connectivity index (χ0v) is 11.2. The molecule has 0 aliphatic heterocycles. The van der Waals surface area contributed by atoms with Gasteiger partial charge in [0.05, 0.1) is 18.4 Å². The molecule has 0 heterocycles. The number of ether oxygens (including phenoxy) is 1. The maximum Gasteiger partial charge on any atom is 0.335 e. The number of nitrogens with one attached hydrogen (secondary N) is 1. The number of carbonyl (C=O) groups excluding carboxylic acids is 1. The standard InChI is InChI=1S/C14H17NO4/c1-4-5-9(2)13(16)15-11-8-10(14(17)18)6-7-12(11)19-3/h5-8H,4H2,1-3H3,(H,15,16)(H,17,18). The van der Waals surface area contributed by atoms with Crippen molar-refractivity contribution >= 4 is 17.6 Å². The first-order valence-corrected chi connectivity index (χ1v) is 5.89. The Kier molecular flexibility index (Phi) is 5.11. The van der Waals surface area contributed by atoms with Crippen LogP contribution in [0, 0.1) is 0 Å². The van der Waals surface area contributed by atoms with Gasteiger partial charge in [0.25, 0.3) is 5.91 Å². The quantitative estimate of drug-likeness (QED) is 0.801. The summed E-state index contributed by atoms with van der Waals surface area (Å²) < 4.78 is 5.09. The van der Waals surface area contributed by atoms with E-state index < -0.39 is 5.97 Å². The number of anilines is 1. The predicted molar refractivity (Wildman–Crippen MR) is 72.6 cm³/mol. The Morgan fingerprint density at radius 3 is 2.63 bits per heavy atom. The number of hydrogen-bond acceptors (Lipinski definition) is 3. The van der Waals surface area contributed by atoms with Crippen LogP contribution in [0.3, 0.4) is 0 Å². The maximum atomic E-state index is 11.9. The van der Waals surface area contributed by atoms with Crippen molar-refractivity contribution in [2.24, 2.45) is 0 Å². The van der Waals surface area contributed by atoms with Crippen LogP contribution in [0.15, 0.2) is 29.8 Å². The first-order valence-electron chi connectivity index (χ1n) is 5.89. The van der Waals surface area contributed by atoms with E-state index in [0.29, 0.717) is 17.0 Å². The summed E-state index contributed by atoms with van der Waals surface area (Å²) in [5.74, 6) is -0.913. The highest BCUT2D eigenvalue weighted by Gasteiger charge is 2.12. The van der Waals surface area contributed by atoms with Crippen LogP contribution in [0.5, 0.6) is 5.75 Å². The fourth-order valence-corrected chi connectivity index (χ4v) is 1.56. The van der Waals surface area contributed by atoms with Gasteiger partial charge in [-0.05, 0) is 31.5 Å². The van der Waals surface area contributed by atoms with E-state index in [9.17, 15) is 9.59 Å². The molecule has 0 bridgehead atoms. The summed E-state index contributed by atoms with van der Waals surface area (Å²) in [5.41, 5.74) is 1.01. The van der Waals surface area contributed by atoms with Gasteiger partial charge in [0, 0.05) is 5.57 Å². The van der Waals surface area contributed by atoms with E-state index in [1.165, 1.54) is 25.3 Å². The number of methoxy groups -OCH3 is 1. The second-order valence-electron chi connectivity index (χ2n) is 3.97. The molecular weight excluding hydrogens is 246 g/mol. The summed E-state index contributed by atoms with van der Waals surface area (Å²) in [6.07, 6.45) is 2.55. The molecule has 102 valence electrons. The molecule has 1 amide bonds. The molecule has 0 spiro atoms. The largest absolute Gasteiger partial charge is 0.495 e. The van der Waals surface area contributed by atoms with Crippen LogP contribution in [-0.2, 0) is 4.79 Å². The molecule has 5 heteroatoms. The van der Waals surface area contributed by atoms with Crippen molar-refractivity contribution in [3.8, 4) is 5.75 Å². The predicted octanol–water partition coefficient (Wildman–Crippen LogP) is 2.69. The van der Waals surface area contributed by atoms with Crippen molar-refractivity contribution in [3.05, 3.63) is 35.4 Å². The summed E-state index contributed by atoms with van der Waals surface area (Å²) in [5, 5.41) is 11.6. The summed E-state index contributed by atoms with van der Waals surface area (Å²) in [4.78, 5) is 22.8. The molecule has 0 aromatic heterocycles. The van der Waals surface area contributed by atoms with Gasteiger partial charge in [0.15, 0.2) is 0 Å². The number of rotatable bonds is 5. The van der Waals surface area contributed by atoms with Crippen LogP contribution in [-0.4, -0.2) is 24.1 Å². The number of amides is 1. The highest BCUT2D eigenvalue weighted by atomic mass is 16.5. The van der Waals surface area contributed by atoms with E-state index in [4.69, 9.17) is 9.84 Å². The van der Waals surface area contributed by atoms with Gasteiger partial charge in [-0.2, -0.15) is 0 Å². The molecule has 1 rings (SSSR count). The topological polar surface area (TPSA) is 75.6 Å². The Bertz CT molecular complexity index is 520. The van der Waals surface area contributed by atoms with Gasteiger partial charge in [-0.15, -0.1) is 0 Å². The second-order valence-corrected chi connectivity index (χ2v) is 3.97. The molecule has 0 saturated carbocycles. The van der Waals surface area contributed by atoms with Crippen LogP contribution in [0.25, 0.3) is 0 Å². The van der Waals surface area contributed by atoms with E-state index in [0.717, 1.165) is 6.42 Å². The summed E-state index contributed by atoms with van der Waals surface area (Å²) in [6, 6.07) is 4.31. The number of carboxylic acid groups (broad SMARTS) is 1. The summed E-state index contributed by atoms with van der Waals surface area (Å²) in [7, 11) is 1.46. The van der Waals surface area contributed by atoms with Crippen molar-refractivity contribution < 1.29 is 19.4 Å². The van der Waals surface area contributed by atoms with Crippen molar-refractivity contribution in [3.63, 3.8) is 0 Å². The van der Waals surface area contributed by atoms with E-state index in [2.05, 4.69) is 5.32 Å². The number of hydrogen-bond donors (Lipinski definition) is 2. The fraction of sp³-hybridized carbons (Fsp3) is 0.286. The van der Waals surface area contributed by atoms with E-state index in [1.54, 1.807) is 13.0 Å². The Labute approximate surface area is 111 Å². The summed E-state index contributed by atoms with van der Waals surface area (Å²) in [6.45, 7) is 3.63. The lowest BCUT2D eigenvalue weighted by Crippen LogP contribution is -2.14. The molecule has 19 heavy (non-hydrogen) atoms. The minimum Gasteiger partial charge on any atom is -0.495 e. The van der Waals surface area contributed by atoms with Gasteiger partial charge in [-0.1, -0.05) is 13.0 Å². The van der Waals surface area contributed by atoms with Crippen LogP contribution in [0.2, 0.25) is 0 Å². The molecule has 5 nitrogen and oxygen atoms in total. The van der Waals surface area contributed by atoms with Crippen molar-refractivity contribution in [1.29, 1.82) is 0 Å². The molecule has 1 aromatic carbocycles. The van der Waals surface area contributed by atoms with Crippen molar-refractivity contribution in [1.82, 2.24) is 0 Å². The lowest BCUT2D eigenvalue weighted by molar-refractivity contribution is -0.112. The third-order valence-electron chi connectivity index (χ3n) is 2.56. The van der Waals surface area contributed by atoms with E-state index >= 15 is 0 Å². The molecular formula is C14H17NO4. The minimum atomic E-state index is -1.06. The van der Waals surface area contributed by atoms with Crippen LogP contribution >= 0.6 is 0 Å². The minimum absolute atomic E-state index is 0.0909. The first kappa shape index (κ1) is 14.8. The zero-order valence-electron chi connectivity index (χ0n) is 11.2. The molecule has 0 atom stereocenters. The number of benzene rings is 1. The number of allylic oxidation sites excluding steroid dienone is 1. The molecule has 0 aliphatic rings. The van der Waals surface area contributed by atoms with Gasteiger partial charge >= 0.3 is 5.97 Å². The Morgan fingerprint density at radius 2 is 2.11 bits per heavy atom. The van der Waals surface area contributed by atoms with Crippen LogP contribution < -0.4 is 10.1 Å². The van der Waals surface area contributed by atoms with E-state index in [-0.39, 0.29) is 11.5 Å². The fourth-order valence-electron chi connectivity index (χ4n) is 1.56. The first-order chi connectivity index (χ1) is 8.99. The Hall–Kier alpha value is -2.30. The molecule has 0 unspecified atom stereocenters. The second kappa shape index (κ2) is 6.58. The van der Waals surface area contributed by atoms with Gasteiger partial charge in [-0.25, -0.2) is 4.79 Å². The lowest BCUT2D eigenvalue weighted by atomic mass is 10.1. The molecule has 2 N–H and O–H groups in total. The number of carbonyl (C=O) groups is 2. The number of aromatic carboxylic acids is 1. The van der Waals surface area contributed by atoms with Crippen LogP contribution in [0.1, 0.15) is 30.6 Å². The van der Waals surface area contributed by atoms with Gasteiger partial charge in [0.2, 0.25) is 0 Å². The van der Waals surface area contributed by atoms with Crippen molar-refractivity contribution in [2.45, 2.75) is 20.3 Å². The SMILES string of the molecule is CCC=C(C)C(=O)Nc1cc(C(=O)O)ccc1OC. The van der Waals surface area contributed by atoms with E-state index in [1.807, 2.05) is 6.92 Å². The average molecular weight is 263 g/mol. The smallest absolute Gasteiger partial charge is 0.335 e. The third kappa shape index (κ3) is 3.84. The Balaban J connectivity index is 3.04. The molecule has 0 fully saturated rings. The highest BCUT2D eigenvalue weighted by molar-refractivity contribution is 6.04. The highest BCUT2D eigenvalue weighted by Crippen LogP contribution is 2.26. The number of carboxylic acids is 1. The molecule has 1 aromatic rings. The van der Waals surface area contributed by atoms with Crippen LogP contribution in [0.4, 0.5) is 5.69 Å². The maximum absolute atomic E-state index is 11.9. The van der Waals surface area contributed by atoms with Crippen molar-refractivity contribution in [2.75, 3.05) is 12.4 Å². The summed E-state index contributed by atoms with van der Waals surface area (Å²) >= 11 is 0. The zero-order chi connectivity index (χ0) is 14.4. The Morgan fingerprint density at radius 1 is 1.42 bits per heavy atom.